The van der Waals surface area contributed by atoms with Crippen LogP contribution < -0.4 is 4.90 Å². The molecule has 1 aromatic carbocycles. The predicted octanol–water partition coefficient (Wildman–Crippen LogP) is 5.20. The maximum Gasteiger partial charge on any atom is 0.232 e. The van der Waals surface area contributed by atoms with Gasteiger partial charge in [0, 0.05) is 46.0 Å². The fourth-order valence-electron chi connectivity index (χ4n) is 3.49. The van der Waals surface area contributed by atoms with Gasteiger partial charge < -0.3 is 4.90 Å². The van der Waals surface area contributed by atoms with Crippen molar-refractivity contribution in [2.24, 2.45) is 5.41 Å². The Morgan fingerprint density at radius 1 is 1.22 bits per heavy atom. The highest BCUT2D eigenvalue weighted by Crippen LogP contribution is 2.38. The van der Waals surface area contributed by atoms with E-state index in [0.29, 0.717) is 0 Å². The van der Waals surface area contributed by atoms with Gasteiger partial charge in [0.25, 0.3) is 0 Å². The smallest absolute Gasteiger partial charge is 0.232 e. The predicted molar refractivity (Wildman–Crippen MR) is 111 cm³/mol. The number of carbonyl (C=O) groups excluding carboxylic acids is 1. The highest BCUT2D eigenvalue weighted by atomic mass is 32.1. The molecule has 0 radical (unpaired) electrons. The zero-order valence-electron chi connectivity index (χ0n) is 16.1. The number of hydrogen-bond acceptors (Lipinski definition) is 4. The van der Waals surface area contributed by atoms with Crippen molar-refractivity contribution in [1.29, 1.82) is 0 Å². The minimum atomic E-state index is -0.387. The first-order valence-electron chi connectivity index (χ1n) is 9.17. The lowest BCUT2D eigenvalue weighted by Crippen LogP contribution is -2.42. The van der Waals surface area contributed by atoms with Gasteiger partial charge in [-0.3, -0.25) is 9.78 Å². The summed E-state index contributed by atoms with van der Waals surface area (Å²) < 4.78 is 0. The van der Waals surface area contributed by atoms with Crippen molar-refractivity contribution in [3.05, 3.63) is 53.7 Å². The first-order chi connectivity index (χ1) is 12.8. The van der Waals surface area contributed by atoms with Crippen molar-refractivity contribution in [2.45, 2.75) is 40.2 Å². The zero-order valence-corrected chi connectivity index (χ0v) is 16.9. The summed E-state index contributed by atoms with van der Waals surface area (Å²) in [5, 5.41) is 3.05. The molecule has 0 fully saturated rings. The first-order valence-corrected chi connectivity index (χ1v) is 10.1. The second-order valence-electron chi connectivity index (χ2n) is 8.10. The Morgan fingerprint density at radius 3 is 2.74 bits per heavy atom. The summed E-state index contributed by atoms with van der Waals surface area (Å²) in [6.07, 6.45) is 4.48. The van der Waals surface area contributed by atoms with Gasteiger partial charge in [-0.15, -0.1) is 11.3 Å². The van der Waals surface area contributed by atoms with Crippen LogP contribution in [0.3, 0.4) is 0 Å². The average Bonchev–Trinajstić information content (AvgIpc) is 3.24. The van der Waals surface area contributed by atoms with Gasteiger partial charge in [0.05, 0.1) is 5.69 Å². The molecule has 0 bridgehead atoms. The fourth-order valence-corrected chi connectivity index (χ4v) is 4.31. The zero-order chi connectivity index (χ0) is 19.2. The van der Waals surface area contributed by atoms with E-state index in [-0.39, 0.29) is 17.4 Å². The van der Waals surface area contributed by atoms with Crippen LogP contribution in [0.5, 0.6) is 0 Å². The van der Waals surface area contributed by atoms with E-state index < -0.39 is 0 Å². The number of carbonyl (C=O) groups is 1. The molecular formula is C22H23N3OS. The van der Waals surface area contributed by atoms with E-state index in [4.69, 9.17) is 4.98 Å². The number of hydrogen-bond donors (Lipinski definition) is 0. The van der Waals surface area contributed by atoms with Crippen LogP contribution in [0, 0.1) is 5.41 Å². The number of pyridine rings is 1. The van der Waals surface area contributed by atoms with E-state index in [1.165, 1.54) is 5.56 Å². The van der Waals surface area contributed by atoms with Crippen LogP contribution in [0.4, 0.5) is 5.69 Å². The molecule has 4 rings (SSSR count). The van der Waals surface area contributed by atoms with Crippen molar-refractivity contribution in [3.63, 3.8) is 0 Å². The van der Waals surface area contributed by atoms with Crippen LogP contribution in [-0.4, -0.2) is 21.9 Å². The molecule has 1 amide bonds. The highest BCUT2D eigenvalue weighted by Gasteiger charge is 2.36. The molecular weight excluding hydrogens is 354 g/mol. The van der Waals surface area contributed by atoms with Crippen molar-refractivity contribution in [2.75, 3.05) is 4.90 Å². The van der Waals surface area contributed by atoms with Gasteiger partial charge >= 0.3 is 0 Å². The number of benzene rings is 1. The fraction of sp³-hybridized carbons (Fsp3) is 0.318. The molecule has 3 heterocycles. The highest BCUT2D eigenvalue weighted by molar-refractivity contribution is 7.13. The Morgan fingerprint density at radius 2 is 2.04 bits per heavy atom. The summed E-state index contributed by atoms with van der Waals surface area (Å²) in [5.74, 6) is 0.175. The minimum Gasteiger partial charge on any atom is -0.309 e. The Hall–Kier alpha value is -2.53. The van der Waals surface area contributed by atoms with E-state index >= 15 is 0 Å². The monoisotopic (exact) mass is 377 g/mol. The van der Waals surface area contributed by atoms with Crippen LogP contribution in [0.25, 0.3) is 21.8 Å². The molecule has 27 heavy (non-hydrogen) atoms. The lowest BCUT2D eigenvalue weighted by atomic mass is 9.94. The van der Waals surface area contributed by atoms with E-state index in [1.807, 2.05) is 44.0 Å². The van der Waals surface area contributed by atoms with Gasteiger partial charge in [0.2, 0.25) is 5.91 Å². The summed E-state index contributed by atoms with van der Waals surface area (Å²) >= 11 is 1.62. The van der Waals surface area contributed by atoms with E-state index in [2.05, 4.69) is 35.5 Å². The molecule has 2 aromatic heterocycles. The Labute approximate surface area is 163 Å². The number of amides is 1. The summed E-state index contributed by atoms with van der Waals surface area (Å²) in [5.41, 5.74) is 4.96. The minimum absolute atomic E-state index is 0.175. The molecule has 138 valence electrons. The van der Waals surface area contributed by atoms with E-state index in [1.54, 1.807) is 17.5 Å². The number of fused-ring (bicyclic) bond motifs is 1. The topological polar surface area (TPSA) is 46.1 Å². The van der Waals surface area contributed by atoms with Gasteiger partial charge in [0.1, 0.15) is 5.01 Å². The van der Waals surface area contributed by atoms with Gasteiger partial charge in [-0.2, -0.15) is 0 Å². The summed E-state index contributed by atoms with van der Waals surface area (Å²) in [4.78, 5) is 23.8. The quantitative estimate of drug-likeness (QED) is 0.617. The second-order valence-corrected chi connectivity index (χ2v) is 8.96. The molecule has 1 atom stereocenters. The lowest BCUT2D eigenvalue weighted by Gasteiger charge is -2.29. The number of aromatic nitrogens is 2. The van der Waals surface area contributed by atoms with Crippen molar-refractivity contribution in [3.8, 4) is 21.8 Å². The number of rotatable bonds is 2. The molecule has 1 aliphatic rings. The molecule has 0 aliphatic carbocycles. The van der Waals surface area contributed by atoms with Crippen LogP contribution in [0.1, 0.15) is 33.3 Å². The SMILES string of the molecule is CC1Cc2cc(-c3csc(-c4cccnc4)n3)ccc2N1C(=O)C(C)(C)C. The molecule has 3 aromatic rings. The van der Waals surface area contributed by atoms with Crippen molar-refractivity contribution >= 4 is 22.9 Å². The summed E-state index contributed by atoms with van der Waals surface area (Å²) in [6, 6.07) is 10.5. The second kappa shape index (κ2) is 6.57. The number of anilines is 1. The Balaban J connectivity index is 1.66. The van der Waals surface area contributed by atoms with E-state index in [9.17, 15) is 4.79 Å². The standard InChI is InChI=1S/C22H23N3OS/c1-14-10-17-11-15(7-8-19(17)25(14)21(26)22(2,3)4)18-13-27-20(24-18)16-6-5-9-23-12-16/h5-9,11-14H,10H2,1-4H3. The molecule has 0 spiro atoms. The Kier molecular flexibility index (Phi) is 4.35. The lowest BCUT2D eigenvalue weighted by molar-refractivity contribution is -0.126. The van der Waals surface area contributed by atoms with Crippen LogP contribution in [-0.2, 0) is 11.2 Å². The van der Waals surface area contributed by atoms with Crippen LogP contribution in [0.15, 0.2) is 48.1 Å². The molecule has 0 saturated heterocycles. The summed E-state index contributed by atoms with van der Waals surface area (Å²) in [6.45, 7) is 8.05. The summed E-state index contributed by atoms with van der Waals surface area (Å²) in [7, 11) is 0. The third kappa shape index (κ3) is 3.28. The number of thiazole rings is 1. The van der Waals surface area contributed by atoms with Gasteiger partial charge in [-0.1, -0.05) is 26.8 Å². The van der Waals surface area contributed by atoms with Crippen molar-refractivity contribution < 1.29 is 4.79 Å². The normalized spacial score (nSPS) is 16.4. The maximum atomic E-state index is 12.9. The molecule has 5 heteroatoms. The third-order valence-corrected chi connectivity index (χ3v) is 5.76. The van der Waals surface area contributed by atoms with Crippen molar-refractivity contribution in [1.82, 2.24) is 9.97 Å². The van der Waals surface area contributed by atoms with Crippen LogP contribution in [0.2, 0.25) is 0 Å². The first kappa shape index (κ1) is 17.9. The molecule has 0 saturated carbocycles. The van der Waals surface area contributed by atoms with E-state index in [0.717, 1.165) is 33.9 Å². The molecule has 0 N–H and O–H groups in total. The molecule has 1 unspecified atom stereocenters. The van der Waals surface area contributed by atoms with Crippen LogP contribution >= 0.6 is 11.3 Å². The molecule has 1 aliphatic heterocycles. The Bertz CT molecular complexity index is 988. The average molecular weight is 378 g/mol. The number of nitrogens with zero attached hydrogens (tertiary/aromatic N) is 3. The molecule has 4 nitrogen and oxygen atoms in total. The third-order valence-electron chi connectivity index (χ3n) is 4.86. The van der Waals surface area contributed by atoms with Gasteiger partial charge in [-0.05, 0) is 43.2 Å². The maximum absolute atomic E-state index is 12.9. The van der Waals surface area contributed by atoms with Gasteiger partial charge in [0.15, 0.2) is 0 Å². The van der Waals surface area contributed by atoms with Gasteiger partial charge in [-0.25, -0.2) is 4.98 Å². The largest absolute Gasteiger partial charge is 0.309 e.